The first-order chi connectivity index (χ1) is 13.3. The van der Waals surface area contributed by atoms with Crippen molar-refractivity contribution < 1.29 is 14.7 Å². The molecule has 2 amide bonds. The number of likely N-dealkylation sites (tertiary alicyclic amines) is 1. The standard InChI is InChI=1S/C21H28N4O3/c1-14(2)19-22-7-8-24(19)12-16-5-4-6-18(10-16)23-21(28)25-11-15(3)9-17(13-25)20(26)27/h4-8,10,14-15,17H,9,11-13H2,1-3H3,(H,23,28)(H,26,27). The van der Waals surface area contributed by atoms with Gasteiger partial charge in [0.05, 0.1) is 5.92 Å². The van der Waals surface area contributed by atoms with E-state index in [4.69, 9.17) is 0 Å². The SMILES string of the molecule is CC1CC(C(=O)O)CN(C(=O)Nc2cccc(Cn3ccnc3C(C)C)c2)C1. The number of amides is 2. The fraction of sp³-hybridized carbons (Fsp3) is 0.476. The van der Waals surface area contributed by atoms with Crippen molar-refractivity contribution >= 4 is 17.7 Å². The van der Waals surface area contributed by atoms with Crippen LogP contribution in [-0.4, -0.2) is 44.6 Å². The molecule has 1 aromatic carbocycles. The van der Waals surface area contributed by atoms with E-state index in [0.29, 0.717) is 31.1 Å². The molecule has 1 aliphatic rings. The Balaban J connectivity index is 1.68. The molecule has 2 atom stereocenters. The number of hydrogen-bond donors (Lipinski definition) is 2. The van der Waals surface area contributed by atoms with E-state index in [0.717, 1.165) is 11.4 Å². The molecule has 0 aliphatic carbocycles. The maximum Gasteiger partial charge on any atom is 0.321 e. The third-order valence-electron chi connectivity index (χ3n) is 5.09. The average molecular weight is 384 g/mol. The van der Waals surface area contributed by atoms with Gasteiger partial charge in [-0.2, -0.15) is 0 Å². The van der Waals surface area contributed by atoms with Crippen LogP contribution >= 0.6 is 0 Å². The van der Waals surface area contributed by atoms with Crippen LogP contribution in [0.5, 0.6) is 0 Å². The molecule has 1 saturated heterocycles. The molecule has 0 radical (unpaired) electrons. The van der Waals surface area contributed by atoms with Crippen LogP contribution in [0.2, 0.25) is 0 Å². The minimum Gasteiger partial charge on any atom is -0.481 e. The summed E-state index contributed by atoms with van der Waals surface area (Å²) >= 11 is 0. The monoisotopic (exact) mass is 384 g/mol. The van der Waals surface area contributed by atoms with Gasteiger partial charge in [0.25, 0.3) is 0 Å². The molecule has 1 fully saturated rings. The number of urea groups is 1. The first-order valence-electron chi connectivity index (χ1n) is 9.72. The van der Waals surface area contributed by atoms with E-state index in [1.54, 1.807) is 11.1 Å². The van der Waals surface area contributed by atoms with Crippen molar-refractivity contribution in [3.8, 4) is 0 Å². The number of hydrogen-bond acceptors (Lipinski definition) is 3. The summed E-state index contributed by atoms with van der Waals surface area (Å²) in [6.07, 6.45) is 4.37. The van der Waals surface area contributed by atoms with E-state index < -0.39 is 11.9 Å². The third-order valence-corrected chi connectivity index (χ3v) is 5.09. The summed E-state index contributed by atoms with van der Waals surface area (Å²) in [6, 6.07) is 7.48. The minimum atomic E-state index is -0.840. The molecule has 150 valence electrons. The van der Waals surface area contributed by atoms with Crippen LogP contribution in [0.3, 0.4) is 0 Å². The number of aliphatic carboxylic acids is 1. The van der Waals surface area contributed by atoms with Gasteiger partial charge in [-0.1, -0.05) is 32.9 Å². The molecule has 1 aliphatic heterocycles. The molecule has 2 heterocycles. The molecule has 1 aromatic heterocycles. The predicted octanol–water partition coefficient (Wildman–Crippen LogP) is 3.63. The number of imidazole rings is 1. The highest BCUT2D eigenvalue weighted by Gasteiger charge is 2.31. The van der Waals surface area contributed by atoms with Gasteiger partial charge in [0.1, 0.15) is 5.82 Å². The maximum absolute atomic E-state index is 12.7. The van der Waals surface area contributed by atoms with Gasteiger partial charge in [-0.3, -0.25) is 4.79 Å². The van der Waals surface area contributed by atoms with E-state index in [9.17, 15) is 14.7 Å². The number of aromatic nitrogens is 2. The molecule has 7 nitrogen and oxygen atoms in total. The van der Waals surface area contributed by atoms with Crippen LogP contribution in [0.4, 0.5) is 10.5 Å². The van der Waals surface area contributed by atoms with Crippen LogP contribution in [0.25, 0.3) is 0 Å². The Kier molecular flexibility index (Phi) is 6.02. The first-order valence-corrected chi connectivity index (χ1v) is 9.72. The molecule has 2 aromatic rings. The largest absolute Gasteiger partial charge is 0.481 e. The summed E-state index contributed by atoms with van der Waals surface area (Å²) in [7, 11) is 0. The third kappa shape index (κ3) is 4.71. The van der Waals surface area contributed by atoms with Gasteiger partial charge in [-0.15, -0.1) is 0 Å². The van der Waals surface area contributed by atoms with Crippen LogP contribution in [0.1, 0.15) is 44.5 Å². The lowest BCUT2D eigenvalue weighted by atomic mass is 9.91. The summed E-state index contributed by atoms with van der Waals surface area (Å²) in [5.41, 5.74) is 1.77. The Labute approximate surface area is 165 Å². The van der Waals surface area contributed by atoms with Crippen LogP contribution in [-0.2, 0) is 11.3 Å². The van der Waals surface area contributed by atoms with Gasteiger partial charge in [-0.05, 0) is 30.0 Å². The van der Waals surface area contributed by atoms with Gasteiger partial charge in [0.2, 0.25) is 0 Å². The quantitative estimate of drug-likeness (QED) is 0.824. The summed E-state index contributed by atoms with van der Waals surface area (Å²) in [6.45, 7) is 7.70. The molecule has 0 bridgehead atoms. The number of nitrogens with one attached hydrogen (secondary N) is 1. The number of carbonyl (C=O) groups excluding carboxylic acids is 1. The smallest absolute Gasteiger partial charge is 0.321 e. The highest BCUT2D eigenvalue weighted by molar-refractivity contribution is 5.89. The first kappa shape index (κ1) is 19.9. The topological polar surface area (TPSA) is 87.5 Å². The van der Waals surface area contributed by atoms with Crippen molar-refractivity contribution in [3.05, 3.63) is 48.0 Å². The Bertz CT molecular complexity index is 846. The summed E-state index contributed by atoms with van der Waals surface area (Å²) < 4.78 is 2.11. The second kappa shape index (κ2) is 8.46. The Morgan fingerprint density at radius 1 is 1.32 bits per heavy atom. The molecule has 3 rings (SSSR count). The molecule has 7 heteroatoms. The number of carboxylic acids is 1. The van der Waals surface area contributed by atoms with Gasteiger partial charge < -0.3 is 19.9 Å². The lowest BCUT2D eigenvalue weighted by Gasteiger charge is -2.34. The molecule has 28 heavy (non-hydrogen) atoms. The molecule has 2 N–H and O–H groups in total. The number of rotatable bonds is 5. The zero-order chi connectivity index (χ0) is 20.3. The maximum atomic E-state index is 12.7. The second-order valence-corrected chi connectivity index (χ2v) is 7.98. The Hall–Kier alpha value is -2.83. The highest BCUT2D eigenvalue weighted by atomic mass is 16.4. The van der Waals surface area contributed by atoms with Gasteiger partial charge >= 0.3 is 12.0 Å². The van der Waals surface area contributed by atoms with E-state index in [1.165, 1.54) is 0 Å². The molecular formula is C21H28N4O3. The number of carbonyl (C=O) groups is 2. The van der Waals surface area contributed by atoms with Gasteiger partial charge in [0.15, 0.2) is 0 Å². The van der Waals surface area contributed by atoms with Crippen molar-refractivity contribution in [3.63, 3.8) is 0 Å². The van der Waals surface area contributed by atoms with E-state index in [1.807, 2.05) is 37.4 Å². The summed E-state index contributed by atoms with van der Waals surface area (Å²) in [5, 5.41) is 12.2. The van der Waals surface area contributed by atoms with Crippen LogP contribution < -0.4 is 5.32 Å². The van der Waals surface area contributed by atoms with Gasteiger partial charge in [0, 0.05) is 43.6 Å². The summed E-state index contributed by atoms with van der Waals surface area (Å²) in [5.74, 6) is 0.185. The number of benzene rings is 1. The molecular weight excluding hydrogens is 356 g/mol. The van der Waals surface area contributed by atoms with Gasteiger partial charge in [-0.25, -0.2) is 9.78 Å². The highest BCUT2D eigenvalue weighted by Crippen LogP contribution is 2.23. The second-order valence-electron chi connectivity index (χ2n) is 7.98. The minimum absolute atomic E-state index is 0.169. The van der Waals surface area contributed by atoms with E-state index in [2.05, 4.69) is 28.7 Å². The number of carboxylic acid groups (broad SMARTS) is 1. The normalized spacial score (nSPS) is 19.6. The molecule has 0 spiro atoms. The van der Waals surface area contributed by atoms with Crippen molar-refractivity contribution in [2.75, 3.05) is 18.4 Å². The summed E-state index contributed by atoms with van der Waals surface area (Å²) in [4.78, 5) is 30.0. The molecule has 2 unspecified atom stereocenters. The van der Waals surface area contributed by atoms with Crippen molar-refractivity contribution in [2.24, 2.45) is 11.8 Å². The van der Waals surface area contributed by atoms with E-state index in [-0.39, 0.29) is 18.5 Å². The zero-order valence-electron chi connectivity index (χ0n) is 16.6. The fourth-order valence-corrected chi connectivity index (χ4v) is 3.80. The number of anilines is 1. The van der Waals surface area contributed by atoms with E-state index >= 15 is 0 Å². The van der Waals surface area contributed by atoms with Crippen LogP contribution in [0.15, 0.2) is 36.7 Å². The number of piperidine rings is 1. The number of nitrogens with zero attached hydrogens (tertiary/aromatic N) is 3. The van der Waals surface area contributed by atoms with Crippen LogP contribution in [0, 0.1) is 11.8 Å². The fourth-order valence-electron chi connectivity index (χ4n) is 3.80. The van der Waals surface area contributed by atoms with Crippen molar-refractivity contribution in [1.29, 1.82) is 0 Å². The lowest BCUT2D eigenvalue weighted by molar-refractivity contribution is -0.143. The van der Waals surface area contributed by atoms with Crippen molar-refractivity contribution in [2.45, 2.75) is 39.7 Å². The Morgan fingerprint density at radius 2 is 2.11 bits per heavy atom. The molecule has 0 saturated carbocycles. The Morgan fingerprint density at radius 3 is 2.82 bits per heavy atom. The lowest BCUT2D eigenvalue weighted by Crippen LogP contribution is -2.47. The van der Waals surface area contributed by atoms with Crippen molar-refractivity contribution in [1.82, 2.24) is 14.5 Å². The average Bonchev–Trinajstić information content (AvgIpc) is 3.10. The predicted molar refractivity (Wildman–Crippen MR) is 107 cm³/mol. The zero-order valence-corrected chi connectivity index (χ0v) is 16.6.